The van der Waals surface area contributed by atoms with Crippen molar-refractivity contribution in [3.8, 4) is 11.5 Å². The summed E-state index contributed by atoms with van der Waals surface area (Å²) in [6, 6.07) is 14.1. The minimum atomic E-state index is -0.357. The van der Waals surface area contributed by atoms with E-state index in [-0.39, 0.29) is 36.8 Å². The van der Waals surface area contributed by atoms with Crippen LogP contribution in [0, 0.1) is 0 Å². The zero-order chi connectivity index (χ0) is 22.2. The van der Waals surface area contributed by atoms with E-state index in [4.69, 9.17) is 14.2 Å². The highest BCUT2D eigenvalue weighted by atomic mass is 32.2. The summed E-state index contributed by atoms with van der Waals surface area (Å²) in [6.45, 7) is 0.297. The van der Waals surface area contributed by atoms with E-state index in [1.54, 1.807) is 36.4 Å². The van der Waals surface area contributed by atoms with Crippen LogP contribution in [0.2, 0.25) is 0 Å². The number of methoxy groups -OCH3 is 2. The number of carbonyl (C=O) groups excluding carboxylic acids is 3. The van der Waals surface area contributed by atoms with E-state index in [0.717, 1.165) is 16.7 Å². The van der Waals surface area contributed by atoms with Crippen LogP contribution in [-0.2, 0) is 14.3 Å². The predicted octanol–water partition coefficient (Wildman–Crippen LogP) is 3.40. The molecule has 162 valence electrons. The Morgan fingerprint density at radius 3 is 2.58 bits per heavy atom. The molecule has 0 spiro atoms. The third kappa shape index (κ3) is 5.87. The topological polar surface area (TPSA) is 94.2 Å². The molecule has 1 saturated heterocycles. The lowest BCUT2D eigenvalue weighted by Gasteiger charge is -2.12. The number of imide groups is 1. The summed E-state index contributed by atoms with van der Waals surface area (Å²) in [6.07, 6.45) is 1.62. The molecule has 3 amide bonds. The van der Waals surface area contributed by atoms with E-state index in [0.29, 0.717) is 27.7 Å². The average Bonchev–Trinajstić information content (AvgIpc) is 3.04. The quantitative estimate of drug-likeness (QED) is 0.595. The van der Waals surface area contributed by atoms with E-state index in [1.165, 1.54) is 14.2 Å². The Labute approximate surface area is 184 Å². The number of amides is 3. The van der Waals surface area contributed by atoms with Gasteiger partial charge in [-0.1, -0.05) is 24.3 Å². The summed E-state index contributed by atoms with van der Waals surface area (Å²) in [5.74, 6) is 0.127. The summed E-state index contributed by atoms with van der Waals surface area (Å²) >= 11 is 0.878. The number of hydrogen-bond acceptors (Lipinski definition) is 7. The number of anilines is 1. The maximum Gasteiger partial charge on any atom is 0.293 e. The second-order valence-corrected chi connectivity index (χ2v) is 7.43. The molecule has 0 unspecified atom stereocenters. The Morgan fingerprint density at radius 2 is 1.87 bits per heavy atom. The van der Waals surface area contributed by atoms with Crippen molar-refractivity contribution in [2.75, 3.05) is 39.3 Å². The smallest absolute Gasteiger partial charge is 0.293 e. The summed E-state index contributed by atoms with van der Waals surface area (Å²) in [4.78, 5) is 38.0. The van der Waals surface area contributed by atoms with Crippen LogP contribution >= 0.6 is 11.8 Å². The van der Waals surface area contributed by atoms with Crippen molar-refractivity contribution in [2.45, 2.75) is 0 Å². The third-order valence-corrected chi connectivity index (χ3v) is 5.20. The van der Waals surface area contributed by atoms with Crippen molar-refractivity contribution >= 4 is 40.6 Å². The van der Waals surface area contributed by atoms with Gasteiger partial charge in [-0.3, -0.25) is 19.3 Å². The van der Waals surface area contributed by atoms with Gasteiger partial charge in [0.1, 0.15) is 0 Å². The first-order valence-electron chi connectivity index (χ1n) is 9.42. The van der Waals surface area contributed by atoms with Crippen molar-refractivity contribution in [3.63, 3.8) is 0 Å². The molecule has 31 heavy (non-hydrogen) atoms. The zero-order valence-corrected chi connectivity index (χ0v) is 17.9. The van der Waals surface area contributed by atoms with Gasteiger partial charge in [0, 0.05) is 12.8 Å². The van der Waals surface area contributed by atoms with Crippen LogP contribution < -0.4 is 14.8 Å². The molecular formula is C22H22N2O6S. The van der Waals surface area contributed by atoms with Crippen LogP contribution in [0.25, 0.3) is 6.08 Å². The summed E-state index contributed by atoms with van der Waals surface area (Å²) in [7, 11) is 2.99. The molecule has 1 fully saturated rings. The minimum Gasteiger partial charge on any atom is -0.493 e. The van der Waals surface area contributed by atoms with E-state index >= 15 is 0 Å². The van der Waals surface area contributed by atoms with Gasteiger partial charge in [0.05, 0.1) is 25.2 Å². The Bertz CT molecular complexity index is 993. The first-order valence-corrected chi connectivity index (χ1v) is 10.2. The molecule has 0 saturated carbocycles. The summed E-state index contributed by atoms with van der Waals surface area (Å²) in [5.41, 5.74) is 1.34. The minimum absolute atomic E-state index is 0.191. The number of rotatable bonds is 9. The average molecular weight is 442 g/mol. The molecule has 0 aromatic heterocycles. The largest absolute Gasteiger partial charge is 0.493 e. The van der Waals surface area contributed by atoms with Gasteiger partial charge >= 0.3 is 0 Å². The van der Waals surface area contributed by atoms with Crippen LogP contribution in [0.5, 0.6) is 11.5 Å². The van der Waals surface area contributed by atoms with E-state index in [2.05, 4.69) is 5.32 Å². The fourth-order valence-corrected chi connectivity index (χ4v) is 3.65. The predicted molar refractivity (Wildman–Crippen MR) is 118 cm³/mol. The van der Waals surface area contributed by atoms with Gasteiger partial charge in [-0.05, 0) is 47.7 Å². The molecule has 2 aromatic carbocycles. The van der Waals surface area contributed by atoms with Crippen molar-refractivity contribution in [2.24, 2.45) is 0 Å². The zero-order valence-electron chi connectivity index (χ0n) is 17.1. The highest BCUT2D eigenvalue weighted by Crippen LogP contribution is 2.34. The number of carbonyl (C=O) groups is 3. The number of para-hydroxylation sites is 1. The van der Waals surface area contributed by atoms with Crippen molar-refractivity contribution in [1.82, 2.24) is 4.90 Å². The number of ether oxygens (including phenoxy) is 3. The third-order valence-electron chi connectivity index (χ3n) is 4.29. The fourth-order valence-electron chi connectivity index (χ4n) is 2.78. The number of benzene rings is 2. The standard InChI is InChI=1S/C22H22N2O6S/c1-28-11-10-24-21(26)19(31-22(24)27)13-15-8-9-17(18(12-15)29-2)30-14-20(25)23-16-6-4-3-5-7-16/h3-9,12-13H,10-11,14H2,1-2H3,(H,23,25)/b19-13+. The SMILES string of the molecule is COCCN1C(=O)S/C(=C/c2ccc(OCC(=O)Nc3ccccc3)c(OC)c2)C1=O. The molecule has 1 N–H and O–H groups in total. The highest BCUT2D eigenvalue weighted by Gasteiger charge is 2.34. The molecule has 1 heterocycles. The molecule has 3 rings (SSSR count). The first kappa shape index (κ1) is 22.4. The Balaban J connectivity index is 1.66. The maximum absolute atomic E-state index is 12.4. The molecule has 9 heteroatoms. The number of nitrogens with zero attached hydrogens (tertiary/aromatic N) is 1. The molecule has 1 aliphatic rings. The van der Waals surface area contributed by atoms with Crippen LogP contribution in [0.4, 0.5) is 10.5 Å². The molecule has 1 aliphatic heterocycles. The van der Waals surface area contributed by atoms with Gasteiger partial charge in [-0.15, -0.1) is 0 Å². The van der Waals surface area contributed by atoms with Crippen molar-refractivity contribution in [3.05, 3.63) is 59.0 Å². The van der Waals surface area contributed by atoms with Gasteiger partial charge < -0.3 is 19.5 Å². The summed E-state index contributed by atoms with van der Waals surface area (Å²) in [5, 5.41) is 2.41. The van der Waals surface area contributed by atoms with Gasteiger partial charge in [0.2, 0.25) is 0 Å². The van der Waals surface area contributed by atoms with Gasteiger partial charge in [0.15, 0.2) is 18.1 Å². The van der Waals surface area contributed by atoms with Gasteiger partial charge in [0.25, 0.3) is 17.1 Å². The monoisotopic (exact) mass is 442 g/mol. The Hall–Kier alpha value is -3.30. The van der Waals surface area contributed by atoms with Crippen LogP contribution in [-0.4, -0.2) is 55.9 Å². The molecular weight excluding hydrogens is 420 g/mol. The van der Waals surface area contributed by atoms with Gasteiger partial charge in [-0.25, -0.2) is 0 Å². The lowest BCUT2D eigenvalue weighted by atomic mass is 10.2. The lowest BCUT2D eigenvalue weighted by molar-refractivity contribution is -0.123. The van der Waals surface area contributed by atoms with Crippen molar-refractivity contribution in [1.29, 1.82) is 0 Å². The fraction of sp³-hybridized carbons (Fsp3) is 0.227. The molecule has 0 radical (unpaired) electrons. The highest BCUT2D eigenvalue weighted by molar-refractivity contribution is 8.18. The van der Waals surface area contributed by atoms with Crippen molar-refractivity contribution < 1.29 is 28.6 Å². The van der Waals surface area contributed by atoms with Gasteiger partial charge in [-0.2, -0.15) is 0 Å². The molecule has 0 atom stereocenters. The number of hydrogen-bond donors (Lipinski definition) is 1. The Kier molecular flexibility index (Phi) is 7.69. The second kappa shape index (κ2) is 10.6. The second-order valence-electron chi connectivity index (χ2n) is 6.44. The molecule has 0 bridgehead atoms. The summed E-state index contributed by atoms with van der Waals surface area (Å²) < 4.78 is 15.9. The Morgan fingerprint density at radius 1 is 1.10 bits per heavy atom. The van der Waals surface area contributed by atoms with E-state index in [1.807, 2.05) is 18.2 Å². The normalized spacial score (nSPS) is 14.8. The number of nitrogens with one attached hydrogen (secondary N) is 1. The van der Waals surface area contributed by atoms with Crippen LogP contribution in [0.3, 0.4) is 0 Å². The molecule has 0 aliphatic carbocycles. The van der Waals surface area contributed by atoms with E-state index in [9.17, 15) is 14.4 Å². The van der Waals surface area contributed by atoms with E-state index < -0.39 is 0 Å². The maximum atomic E-state index is 12.4. The molecule has 2 aromatic rings. The van der Waals surface area contributed by atoms with Crippen LogP contribution in [0.15, 0.2) is 53.4 Å². The lowest BCUT2D eigenvalue weighted by Crippen LogP contribution is -2.31. The first-order chi connectivity index (χ1) is 15.0. The number of thioether (sulfide) groups is 1. The van der Waals surface area contributed by atoms with Crippen LogP contribution in [0.1, 0.15) is 5.56 Å². The molecule has 8 nitrogen and oxygen atoms in total.